The monoisotopic (exact) mass is 204 g/mol. The first-order chi connectivity index (χ1) is 5.69. The lowest BCUT2D eigenvalue weighted by molar-refractivity contribution is -0.282. The van der Waals surface area contributed by atoms with Gasteiger partial charge in [-0.15, -0.1) is 5.73 Å². The molecular weight excluding hydrogens is 198 g/mol. The van der Waals surface area contributed by atoms with Gasteiger partial charge in [0.2, 0.25) is 0 Å². The summed E-state index contributed by atoms with van der Waals surface area (Å²) in [6.45, 7) is 2.88. The van der Waals surface area contributed by atoms with Gasteiger partial charge in [0, 0.05) is 0 Å². The van der Waals surface area contributed by atoms with Crippen LogP contribution in [0.5, 0.6) is 0 Å². The van der Waals surface area contributed by atoms with Gasteiger partial charge in [-0.3, -0.25) is 0 Å². The van der Waals surface area contributed by atoms with Crippen LogP contribution in [0.15, 0.2) is 18.4 Å². The van der Waals surface area contributed by atoms with E-state index >= 15 is 0 Å². The number of rotatable bonds is 2. The summed E-state index contributed by atoms with van der Waals surface area (Å²) in [5, 5.41) is 0. The molecule has 76 valence electrons. The Hall–Kier alpha value is -0.900. The molecule has 0 amide bonds. The van der Waals surface area contributed by atoms with Gasteiger partial charge < -0.3 is 0 Å². The van der Waals surface area contributed by atoms with Crippen molar-refractivity contribution in [1.82, 2.24) is 0 Å². The largest absolute Gasteiger partial charge is 0.400 e. The standard InChI is InChI=1S/C7H6F6/c1-2-3-4-5(6(8,9)10)7(11,12)13/h3,5H,1,4H2. The minimum atomic E-state index is -5.27. The van der Waals surface area contributed by atoms with Crippen LogP contribution in [0.1, 0.15) is 6.42 Å². The van der Waals surface area contributed by atoms with Crippen molar-refractivity contribution in [1.29, 1.82) is 0 Å². The molecule has 0 nitrogen and oxygen atoms in total. The van der Waals surface area contributed by atoms with Gasteiger partial charge in [-0.2, -0.15) is 26.3 Å². The molecule has 6 heteroatoms. The number of alkyl halides is 6. The van der Waals surface area contributed by atoms with E-state index in [1.54, 1.807) is 0 Å². The predicted molar refractivity (Wildman–Crippen MR) is 33.9 cm³/mol. The second-order valence-corrected chi connectivity index (χ2v) is 2.28. The minimum absolute atomic E-state index is 0.617. The van der Waals surface area contributed by atoms with Crippen LogP contribution < -0.4 is 0 Å². The first-order valence-electron chi connectivity index (χ1n) is 3.17. The second-order valence-electron chi connectivity index (χ2n) is 2.28. The quantitative estimate of drug-likeness (QED) is 0.477. The average Bonchev–Trinajstić information content (AvgIpc) is 1.81. The average molecular weight is 204 g/mol. The van der Waals surface area contributed by atoms with E-state index in [0.29, 0.717) is 6.08 Å². The lowest BCUT2D eigenvalue weighted by Gasteiger charge is -2.21. The zero-order valence-electron chi connectivity index (χ0n) is 6.34. The van der Waals surface area contributed by atoms with E-state index in [1.807, 2.05) is 5.73 Å². The lowest BCUT2D eigenvalue weighted by Crippen LogP contribution is -2.35. The van der Waals surface area contributed by atoms with Crippen LogP contribution in [0.2, 0.25) is 0 Å². The fourth-order valence-electron chi connectivity index (χ4n) is 0.654. The van der Waals surface area contributed by atoms with Crippen LogP contribution >= 0.6 is 0 Å². The Morgan fingerprint density at radius 2 is 1.46 bits per heavy atom. The molecule has 0 rings (SSSR count). The summed E-state index contributed by atoms with van der Waals surface area (Å²) in [4.78, 5) is 0. The van der Waals surface area contributed by atoms with Gasteiger partial charge in [0.25, 0.3) is 0 Å². The lowest BCUT2D eigenvalue weighted by atomic mass is 10.0. The summed E-state index contributed by atoms with van der Waals surface area (Å²) in [7, 11) is 0. The number of halogens is 6. The Bertz CT molecular complexity index is 190. The highest BCUT2D eigenvalue weighted by molar-refractivity contribution is 4.85. The van der Waals surface area contributed by atoms with Crippen molar-refractivity contribution in [2.24, 2.45) is 5.92 Å². The molecule has 0 bridgehead atoms. The van der Waals surface area contributed by atoms with E-state index in [0.717, 1.165) is 0 Å². The molecule has 0 aromatic heterocycles. The van der Waals surface area contributed by atoms with Crippen molar-refractivity contribution < 1.29 is 26.3 Å². The van der Waals surface area contributed by atoms with E-state index in [9.17, 15) is 26.3 Å². The smallest absolute Gasteiger partial charge is 0.170 e. The third kappa shape index (κ3) is 4.03. The topological polar surface area (TPSA) is 0 Å². The molecule has 0 unspecified atom stereocenters. The number of allylic oxidation sites excluding steroid dienone is 1. The van der Waals surface area contributed by atoms with Crippen LogP contribution in [0.4, 0.5) is 26.3 Å². The maximum atomic E-state index is 11.8. The Balaban J connectivity index is 4.66. The molecule has 0 saturated carbocycles. The summed E-state index contributed by atoms with van der Waals surface area (Å²) in [6, 6.07) is 0. The van der Waals surface area contributed by atoms with Gasteiger partial charge in [-0.1, -0.05) is 6.58 Å². The zero-order valence-corrected chi connectivity index (χ0v) is 6.34. The fraction of sp³-hybridized carbons (Fsp3) is 0.571. The van der Waals surface area contributed by atoms with Crippen LogP contribution in [-0.2, 0) is 0 Å². The number of hydrogen-bond acceptors (Lipinski definition) is 0. The Morgan fingerprint density at radius 1 is 1.08 bits per heavy atom. The van der Waals surface area contributed by atoms with Crippen LogP contribution in [-0.4, -0.2) is 12.4 Å². The summed E-state index contributed by atoms with van der Waals surface area (Å²) in [5.41, 5.74) is 1.87. The normalized spacial score (nSPS) is 12.8. The molecule has 0 aromatic carbocycles. The molecule has 0 aliphatic carbocycles. The maximum Gasteiger partial charge on any atom is 0.400 e. The van der Waals surface area contributed by atoms with E-state index in [4.69, 9.17) is 0 Å². The second kappa shape index (κ2) is 3.87. The van der Waals surface area contributed by atoms with Crippen molar-refractivity contribution in [3.8, 4) is 0 Å². The van der Waals surface area contributed by atoms with Crippen LogP contribution in [0, 0.1) is 5.92 Å². The van der Waals surface area contributed by atoms with Gasteiger partial charge in [0.15, 0.2) is 5.92 Å². The van der Waals surface area contributed by atoms with E-state index in [2.05, 4.69) is 6.58 Å². The van der Waals surface area contributed by atoms with Crippen molar-refractivity contribution >= 4 is 0 Å². The first kappa shape index (κ1) is 12.1. The van der Waals surface area contributed by atoms with Crippen LogP contribution in [0.3, 0.4) is 0 Å². The minimum Gasteiger partial charge on any atom is -0.170 e. The predicted octanol–water partition coefficient (Wildman–Crippen LogP) is 3.46. The fourth-order valence-corrected chi connectivity index (χ4v) is 0.654. The Labute approximate surface area is 70.5 Å². The highest BCUT2D eigenvalue weighted by Crippen LogP contribution is 2.41. The molecule has 0 atom stereocenters. The molecule has 0 aliphatic heterocycles. The van der Waals surface area contributed by atoms with Crippen LogP contribution in [0.25, 0.3) is 0 Å². The molecule has 0 N–H and O–H groups in total. The molecule has 0 spiro atoms. The van der Waals surface area contributed by atoms with Gasteiger partial charge in [-0.05, 0) is 12.5 Å². The summed E-state index contributed by atoms with van der Waals surface area (Å²) in [6.07, 6.45) is -11.1. The molecule has 0 radical (unpaired) electrons. The van der Waals surface area contributed by atoms with E-state index in [1.165, 1.54) is 0 Å². The van der Waals surface area contributed by atoms with Gasteiger partial charge >= 0.3 is 12.4 Å². The van der Waals surface area contributed by atoms with Gasteiger partial charge in [0.05, 0.1) is 0 Å². The van der Waals surface area contributed by atoms with Crippen molar-refractivity contribution in [2.75, 3.05) is 0 Å². The highest BCUT2D eigenvalue weighted by atomic mass is 19.4. The van der Waals surface area contributed by atoms with Crippen molar-refractivity contribution in [3.63, 3.8) is 0 Å². The SMILES string of the molecule is C=C=CCC(C(F)(F)F)C(F)(F)F. The van der Waals surface area contributed by atoms with Crippen molar-refractivity contribution in [3.05, 3.63) is 18.4 Å². The Morgan fingerprint density at radius 3 is 1.69 bits per heavy atom. The zero-order chi connectivity index (χ0) is 10.7. The maximum absolute atomic E-state index is 11.8. The molecule has 0 aromatic rings. The summed E-state index contributed by atoms with van der Waals surface area (Å²) >= 11 is 0. The van der Waals surface area contributed by atoms with Gasteiger partial charge in [-0.25, -0.2) is 0 Å². The van der Waals surface area contributed by atoms with E-state index in [-0.39, 0.29) is 0 Å². The number of hydrogen-bond donors (Lipinski definition) is 0. The highest BCUT2D eigenvalue weighted by Gasteiger charge is 2.55. The first-order valence-corrected chi connectivity index (χ1v) is 3.17. The third-order valence-corrected chi connectivity index (χ3v) is 1.29. The molecule has 0 fully saturated rings. The molecule has 0 aliphatic rings. The van der Waals surface area contributed by atoms with Crippen molar-refractivity contribution in [2.45, 2.75) is 18.8 Å². The summed E-state index contributed by atoms with van der Waals surface area (Å²) in [5.74, 6) is -3.32. The molecule has 0 saturated heterocycles. The molecular formula is C7H6F6. The third-order valence-electron chi connectivity index (χ3n) is 1.29. The van der Waals surface area contributed by atoms with E-state index < -0.39 is 24.7 Å². The summed E-state index contributed by atoms with van der Waals surface area (Å²) < 4.78 is 70.5. The molecule has 13 heavy (non-hydrogen) atoms. The van der Waals surface area contributed by atoms with Gasteiger partial charge in [0.1, 0.15) is 0 Å². The molecule has 0 heterocycles. The Kier molecular flexibility index (Phi) is 3.60.